The van der Waals surface area contributed by atoms with Crippen molar-refractivity contribution in [2.75, 3.05) is 31.9 Å². The topological polar surface area (TPSA) is 99.0 Å². The highest BCUT2D eigenvalue weighted by Crippen LogP contribution is 2.40. The Morgan fingerprint density at radius 2 is 1.69 bits per heavy atom. The Morgan fingerprint density at radius 3 is 2.33 bits per heavy atom. The van der Waals surface area contributed by atoms with Crippen LogP contribution in [0.5, 0.6) is 28.7 Å². The van der Waals surface area contributed by atoms with Gasteiger partial charge in [0.05, 0.1) is 25.4 Å². The molecule has 0 atom stereocenters. The zero-order chi connectivity index (χ0) is 25.7. The standard InChI is InChI=1S/C27H28N2O6S/c1-5-31-22-12-18(13-23(32-6-2)25(22)33-7-3)26(30)29-27-19(14-28)16(4)24(36-27)11-17-8-9-20-21(10-17)35-15-34-20/h8-10,12-13H,5-7,11,15H2,1-4H3,(H,29,30). The van der Waals surface area contributed by atoms with Gasteiger partial charge in [0.25, 0.3) is 5.91 Å². The van der Waals surface area contributed by atoms with Gasteiger partial charge < -0.3 is 29.0 Å². The molecule has 0 unspecified atom stereocenters. The number of carbonyl (C=O) groups is 1. The van der Waals surface area contributed by atoms with Crippen molar-refractivity contribution in [3.63, 3.8) is 0 Å². The van der Waals surface area contributed by atoms with Gasteiger partial charge >= 0.3 is 0 Å². The first-order chi connectivity index (χ1) is 17.5. The smallest absolute Gasteiger partial charge is 0.256 e. The molecule has 0 saturated carbocycles. The summed E-state index contributed by atoms with van der Waals surface area (Å²) in [4.78, 5) is 14.3. The normalized spacial score (nSPS) is 11.6. The molecule has 0 fully saturated rings. The molecule has 1 aliphatic rings. The van der Waals surface area contributed by atoms with Crippen LogP contribution in [0.4, 0.5) is 5.00 Å². The van der Waals surface area contributed by atoms with Crippen molar-refractivity contribution in [1.82, 2.24) is 0 Å². The van der Waals surface area contributed by atoms with E-state index in [9.17, 15) is 10.1 Å². The van der Waals surface area contributed by atoms with Gasteiger partial charge in [-0.15, -0.1) is 11.3 Å². The number of ether oxygens (including phenoxy) is 5. The van der Waals surface area contributed by atoms with Gasteiger partial charge in [0, 0.05) is 16.9 Å². The van der Waals surface area contributed by atoms with E-state index in [1.54, 1.807) is 12.1 Å². The summed E-state index contributed by atoms with van der Waals surface area (Å²) >= 11 is 1.39. The van der Waals surface area contributed by atoms with Gasteiger partial charge in [-0.05, 0) is 63.1 Å². The number of nitrogens with zero attached hydrogens (tertiary/aromatic N) is 1. The highest BCUT2D eigenvalue weighted by molar-refractivity contribution is 7.16. The zero-order valence-corrected chi connectivity index (χ0v) is 21.5. The fourth-order valence-corrected chi connectivity index (χ4v) is 5.07. The van der Waals surface area contributed by atoms with Crippen LogP contribution >= 0.6 is 11.3 Å². The fraction of sp³-hybridized carbons (Fsp3) is 0.333. The molecule has 0 radical (unpaired) electrons. The maximum absolute atomic E-state index is 13.3. The van der Waals surface area contributed by atoms with Crippen molar-refractivity contribution in [2.24, 2.45) is 0 Å². The molecule has 1 aromatic heterocycles. The first-order valence-corrected chi connectivity index (χ1v) is 12.6. The van der Waals surface area contributed by atoms with E-state index in [0.29, 0.717) is 65.4 Å². The number of carbonyl (C=O) groups excluding carboxylic acids is 1. The van der Waals surface area contributed by atoms with Crippen molar-refractivity contribution in [3.05, 3.63) is 57.5 Å². The van der Waals surface area contributed by atoms with E-state index >= 15 is 0 Å². The van der Waals surface area contributed by atoms with Crippen LogP contribution in [0, 0.1) is 18.3 Å². The molecule has 0 spiro atoms. The van der Waals surface area contributed by atoms with Crippen LogP contribution in [0.3, 0.4) is 0 Å². The predicted octanol–water partition coefficient (Wildman–Crippen LogP) is 5.70. The third kappa shape index (κ3) is 5.19. The maximum atomic E-state index is 13.3. The van der Waals surface area contributed by atoms with Gasteiger partial charge in [0.15, 0.2) is 23.0 Å². The van der Waals surface area contributed by atoms with E-state index in [4.69, 9.17) is 23.7 Å². The first-order valence-electron chi connectivity index (χ1n) is 11.8. The van der Waals surface area contributed by atoms with Gasteiger partial charge in [-0.2, -0.15) is 5.26 Å². The highest BCUT2D eigenvalue weighted by Gasteiger charge is 2.22. The summed E-state index contributed by atoms with van der Waals surface area (Å²) in [5.41, 5.74) is 2.66. The third-order valence-corrected chi connectivity index (χ3v) is 6.76. The molecule has 1 amide bonds. The lowest BCUT2D eigenvalue weighted by molar-refractivity contribution is 0.102. The van der Waals surface area contributed by atoms with Crippen LogP contribution in [-0.4, -0.2) is 32.5 Å². The molecule has 2 aromatic carbocycles. The fourth-order valence-electron chi connectivity index (χ4n) is 3.88. The first kappa shape index (κ1) is 25.2. The number of hydrogen-bond donors (Lipinski definition) is 1. The summed E-state index contributed by atoms with van der Waals surface area (Å²) in [6, 6.07) is 11.3. The summed E-state index contributed by atoms with van der Waals surface area (Å²) in [5, 5.41) is 13.2. The van der Waals surface area contributed by atoms with Gasteiger partial charge in [0.2, 0.25) is 12.5 Å². The van der Waals surface area contributed by atoms with Gasteiger partial charge in [-0.3, -0.25) is 4.79 Å². The number of anilines is 1. The quantitative estimate of drug-likeness (QED) is 0.375. The molecule has 8 nitrogen and oxygen atoms in total. The zero-order valence-electron chi connectivity index (χ0n) is 20.7. The summed E-state index contributed by atoms with van der Waals surface area (Å²) < 4.78 is 28.1. The lowest BCUT2D eigenvalue weighted by Gasteiger charge is -2.17. The molecule has 2 heterocycles. The van der Waals surface area contributed by atoms with Crippen molar-refractivity contribution in [2.45, 2.75) is 34.1 Å². The molecule has 1 aliphatic heterocycles. The minimum Gasteiger partial charge on any atom is -0.490 e. The molecule has 188 valence electrons. The monoisotopic (exact) mass is 508 g/mol. The number of hydrogen-bond acceptors (Lipinski definition) is 8. The molecule has 3 aromatic rings. The molecule has 9 heteroatoms. The van der Waals surface area contributed by atoms with Crippen LogP contribution in [-0.2, 0) is 6.42 Å². The summed E-state index contributed by atoms with van der Waals surface area (Å²) in [5.74, 6) is 2.39. The molecule has 1 N–H and O–H groups in total. The molecule has 0 aliphatic carbocycles. The summed E-state index contributed by atoms with van der Waals surface area (Å²) in [6.07, 6.45) is 0.601. The van der Waals surface area contributed by atoms with E-state index in [1.807, 2.05) is 45.9 Å². The third-order valence-electron chi connectivity index (χ3n) is 5.56. The van der Waals surface area contributed by atoms with Crippen LogP contribution < -0.4 is 29.0 Å². The van der Waals surface area contributed by atoms with Crippen LogP contribution in [0.15, 0.2) is 30.3 Å². The lowest BCUT2D eigenvalue weighted by Crippen LogP contribution is -2.13. The number of nitriles is 1. The molecule has 4 rings (SSSR count). The summed E-state index contributed by atoms with van der Waals surface area (Å²) in [6.45, 7) is 8.94. The number of nitrogens with one attached hydrogen (secondary N) is 1. The molecule has 36 heavy (non-hydrogen) atoms. The average Bonchev–Trinajstić information content (AvgIpc) is 3.44. The summed E-state index contributed by atoms with van der Waals surface area (Å²) in [7, 11) is 0. The number of thiophene rings is 1. The maximum Gasteiger partial charge on any atom is 0.256 e. The second kappa shape index (κ2) is 11.2. The van der Waals surface area contributed by atoms with Crippen molar-refractivity contribution < 1.29 is 28.5 Å². The largest absolute Gasteiger partial charge is 0.490 e. The van der Waals surface area contributed by atoms with Crippen molar-refractivity contribution in [1.29, 1.82) is 5.26 Å². The predicted molar refractivity (Wildman–Crippen MR) is 137 cm³/mol. The second-order valence-corrected chi connectivity index (χ2v) is 8.99. The molecule has 0 bridgehead atoms. The van der Waals surface area contributed by atoms with E-state index in [2.05, 4.69) is 11.4 Å². The molecular formula is C27H28N2O6S. The van der Waals surface area contributed by atoms with Crippen LogP contribution in [0.2, 0.25) is 0 Å². The molecular weight excluding hydrogens is 480 g/mol. The number of fused-ring (bicyclic) bond motifs is 1. The van der Waals surface area contributed by atoms with Crippen LogP contribution in [0.1, 0.15) is 52.7 Å². The van der Waals surface area contributed by atoms with Gasteiger partial charge in [-0.25, -0.2) is 0 Å². The second-order valence-electron chi connectivity index (χ2n) is 7.89. The molecule has 0 saturated heterocycles. The van der Waals surface area contributed by atoms with E-state index < -0.39 is 0 Å². The Morgan fingerprint density at radius 1 is 1.03 bits per heavy atom. The Balaban J connectivity index is 1.62. The Kier molecular flexibility index (Phi) is 7.86. The minimum absolute atomic E-state index is 0.215. The highest BCUT2D eigenvalue weighted by atomic mass is 32.1. The van der Waals surface area contributed by atoms with E-state index in [1.165, 1.54) is 11.3 Å². The minimum atomic E-state index is -0.368. The van der Waals surface area contributed by atoms with Gasteiger partial charge in [-0.1, -0.05) is 6.07 Å². The number of amides is 1. The number of benzene rings is 2. The van der Waals surface area contributed by atoms with Crippen molar-refractivity contribution >= 4 is 22.2 Å². The van der Waals surface area contributed by atoms with E-state index in [0.717, 1.165) is 21.8 Å². The van der Waals surface area contributed by atoms with Crippen molar-refractivity contribution in [3.8, 4) is 34.8 Å². The number of rotatable bonds is 10. The average molecular weight is 509 g/mol. The van der Waals surface area contributed by atoms with Gasteiger partial charge in [0.1, 0.15) is 11.1 Å². The van der Waals surface area contributed by atoms with E-state index in [-0.39, 0.29) is 12.7 Å². The lowest BCUT2D eigenvalue weighted by atomic mass is 10.1. The SMILES string of the molecule is CCOc1cc(C(=O)Nc2sc(Cc3ccc4c(c3)OCO4)c(C)c2C#N)cc(OCC)c1OCC. The van der Waals surface area contributed by atoms with Crippen LogP contribution in [0.25, 0.3) is 0 Å². The Bertz CT molecular complexity index is 1280. The Labute approximate surface area is 214 Å². The Hall–Kier alpha value is -3.90.